The van der Waals surface area contributed by atoms with Crippen molar-refractivity contribution in [1.29, 1.82) is 0 Å². The largest absolute Gasteiger partial charge is 0.508 e. The molecule has 5 heteroatoms. The predicted octanol–water partition coefficient (Wildman–Crippen LogP) is 0.0602. The van der Waals surface area contributed by atoms with Gasteiger partial charge in [-0.1, -0.05) is 6.07 Å². The van der Waals surface area contributed by atoms with Crippen LogP contribution < -0.4 is 5.32 Å². The number of benzene rings is 1. The summed E-state index contributed by atoms with van der Waals surface area (Å²) in [6.45, 7) is 0. The molecule has 16 heavy (non-hydrogen) atoms. The van der Waals surface area contributed by atoms with Gasteiger partial charge in [0.05, 0.1) is 6.42 Å². The molecule has 0 saturated heterocycles. The lowest BCUT2D eigenvalue weighted by Gasteiger charge is -2.10. The van der Waals surface area contributed by atoms with Crippen LogP contribution in [0.4, 0.5) is 0 Å². The Bertz CT molecular complexity index is 455. The van der Waals surface area contributed by atoms with Gasteiger partial charge in [0.2, 0.25) is 5.91 Å². The van der Waals surface area contributed by atoms with Crippen LogP contribution in [0, 0.1) is 0 Å². The van der Waals surface area contributed by atoms with Gasteiger partial charge in [0.1, 0.15) is 11.8 Å². The monoisotopic (exact) mass is 221 g/mol. The summed E-state index contributed by atoms with van der Waals surface area (Å²) in [6.07, 6.45) is 0.351. The molecule has 0 fully saturated rings. The molecule has 0 saturated carbocycles. The molecule has 3 N–H and O–H groups in total. The number of hydrogen-bond acceptors (Lipinski definition) is 3. The lowest BCUT2D eigenvalue weighted by atomic mass is 10.00. The molecule has 0 aromatic heterocycles. The van der Waals surface area contributed by atoms with Crippen molar-refractivity contribution in [3.8, 4) is 5.75 Å². The van der Waals surface area contributed by atoms with E-state index < -0.39 is 12.0 Å². The second kappa shape index (κ2) is 3.84. The average Bonchev–Trinajstić information content (AvgIpc) is 2.36. The third-order valence-electron chi connectivity index (χ3n) is 2.60. The average molecular weight is 221 g/mol. The number of phenols is 1. The van der Waals surface area contributed by atoms with Crippen LogP contribution in [0.2, 0.25) is 0 Å². The van der Waals surface area contributed by atoms with Gasteiger partial charge in [-0.2, -0.15) is 0 Å². The van der Waals surface area contributed by atoms with Crippen molar-refractivity contribution >= 4 is 11.9 Å². The molecule has 0 spiro atoms. The minimum Gasteiger partial charge on any atom is -0.508 e. The number of hydrogen-bond donors (Lipinski definition) is 3. The van der Waals surface area contributed by atoms with E-state index in [4.69, 9.17) is 5.11 Å². The molecule has 1 heterocycles. The summed E-state index contributed by atoms with van der Waals surface area (Å²) in [5.41, 5.74) is 1.46. The van der Waals surface area contributed by atoms with Gasteiger partial charge < -0.3 is 15.5 Å². The Hall–Kier alpha value is -2.04. The first-order chi connectivity index (χ1) is 7.56. The number of carboxylic acids is 1. The van der Waals surface area contributed by atoms with Crippen molar-refractivity contribution in [3.05, 3.63) is 29.3 Å². The molecular weight excluding hydrogens is 210 g/mol. The number of fused-ring (bicyclic) bond motifs is 1. The number of phenolic OH excluding ortho intramolecular Hbond substituents is 1. The molecule has 0 radical (unpaired) electrons. The summed E-state index contributed by atoms with van der Waals surface area (Å²) < 4.78 is 0. The molecule has 1 unspecified atom stereocenters. The first kappa shape index (κ1) is 10.5. The minimum atomic E-state index is -1.07. The number of carbonyl (C=O) groups is 2. The van der Waals surface area contributed by atoms with Crippen molar-refractivity contribution < 1.29 is 19.8 Å². The third-order valence-corrected chi connectivity index (χ3v) is 2.60. The Balaban J connectivity index is 2.39. The summed E-state index contributed by atoms with van der Waals surface area (Å²) in [4.78, 5) is 22.3. The maximum atomic E-state index is 11.4. The van der Waals surface area contributed by atoms with E-state index in [-0.39, 0.29) is 24.5 Å². The number of aromatic hydroxyl groups is 1. The highest BCUT2D eigenvalue weighted by Gasteiger charge is 2.25. The molecule has 2 rings (SSSR count). The second-order valence-electron chi connectivity index (χ2n) is 3.79. The van der Waals surface area contributed by atoms with Gasteiger partial charge >= 0.3 is 5.97 Å². The number of carboxylic acid groups (broad SMARTS) is 1. The van der Waals surface area contributed by atoms with Gasteiger partial charge in [-0.05, 0) is 23.3 Å². The molecular formula is C11H11NO4. The smallest absolute Gasteiger partial charge is 0.326 e. The number of nitrogens with one attached hydrogen (secondary N) is 1. The Kier molecular flexibility index (Phi) is 2.52. The Morgan fingerprint density at radius 1 is 1.38 bits per heavy atom. The fourth-order valence-corrected chi connectivity index (χ4v) is 1.81. The van der Waals surface area contributed by atoms with Crippen LogP contribution in [0.15, 0.2) is 18.2 Å². The highest BCUT2D eigenvalue weighted by molar-refractivity contribution is 5.86. The van der Waals surface area contributed by atoms with Crippen molar-refractivity contribution in [1.82, 2.24) is 5.32 Å². The van der Waals surface area contributed by atoms with Gasteiger partial charge in [-0.25, -0.2) is 4.79 Å². The van der Waals surface area contributed by atoms with Crippen LogP contribution in [0.25, 0.3) is 0 Å². The maximum Gasteiger partial charge on any atom is 0.326 e. The van der Waals surface area contributed by atoms with Gasteiger partial charge in [-0.15, -0.1) is 0 Å². The summed E-state index contributed by atoms with van der Waals surface area (Å²) in [5.74, 6) is -1.29. The third kappa shape index (κ3) is 1.98. The van der Waals surface area contributed by atoms with Crippen LogP contribution in [-0.4, -0.2) is 28.1 Å². The van der Waals surface area contributed by atoms with Crippen LogP contribution in [-0.2, 0) is 22.4 Å². The van der Waals surface area contributed by atoms with E-state index >= 15 is 0 Å². The van der Waals surface area contributed by atoms with Crippen molar-refractivity contribution in [2.45, 2.75) is 18.9 Å². The summed E-state index contributed by atoms with van der Waals surface area (Å²) in [6, 6.07) is 3.73. The molecule has 1 amide bonds. The Morgan fingerprint density at radius 2 is 2.12 bits per heavy atom. The van der Waals surface area contributed by atoms with E-state index in [1.807, 2.05) is 0 Å². The van der Waals surface area contributed by atoms with E-state index in [9.17, 15) is 14.7 Å². The van der Waals surface area contributed by atoms with E-state index in [1.54, 1.807) is 6.07 Å². The summed E-state index contributed by atoms with van der Waals surface area (Å²) >= 11 is 0. The molecule has 5 nitrogen and oxygen atoms in total. The van der Waals surface area contributed by atoms with Gasteiger partial charge in [0, 0.05) is 6.42 Å². The number of carbonyl (C=O) groups excluding carboxylic acids is 1. The Labute approximate surface area is 91.7 Å². The summed E-state index contributed by atoms with van der Waals surface area (Å²) in [5, 5.41) is 20.6. The normalized spacial score (nSPS) is 19.5. The van der Waals surface area contributed by atoms with Crippen molar-refractivity contribution in [2.75, 3.05) is 0 Å². The van der Waals surface area contributed by atoms with Crippen LogP contribution in [0.3, 0.4) is 0 Å². The van der Waals surface area contributed by atoms with Crippen molar-refractivity contribution in [2.24, 2.45) is 0 Å². The molecule has 84 valence electrons. The zero-order valence-electron chi connectivity index (χ0n) is 8.43. The number of rotatable bonds is 1. The molecule has 1 atom stereocenters. The minimum absolute atomic E-state index is 0.0808. The topological polar surface area (TPSA) is 86.6 Å². The quantitative estimate of drug-likeness (QED) is 0.625. The zero-order chi connectivity index (χ0) is 11.7. The zero-order valence-corrected chi connectivity index (χ0v) is 8.43. The van der Waals surface area contributed by atoms with Crippen molar-refractivity contribution in [3.63, 3.8) is 0 Å². The maximum absolute atomic E-state index is 11.4. The fraction of sp³-hybridized carbons (Fsp3) is 0.273. The van der Waals surface area contributed by atoms with Crippen LogP contribution in [0.5, 0.6) is 5.75 Å². The highest BCUT2D eigenvalue weighted by atomic mass is 16.4. The van der Waals surface area contributed by atoms with Crippen LogP contribution in [0.1, 0.15) is 11.1 Å². The molecule has 1 aliphatic rings. The molecule has 0 aliphatic carbocycles. The lowest BCUT2D eigenvalue weighted by molar-refractivity contribution is -0.141. The SMILES string of the molecule is O=C1Cc2ccc(O)cc2CC(C(=O)O)N1. The fourth-order valence-electron chi connectivity index (χ4n) is 1.81. The van der Waals surface area contributed by atoms with Gasteiger partial charge in [0.25, 0.3) is 0 Å². The first-order valence-corrected chi connectivity index (χ1v) is 4.89. The molecule has 1 aliphatic heterocycles. The van der Waals surface area contributed by atoms with E-state index in [0.717, 1.165) is 5.56 Å². The second-order valence-corrected chi connectivity index (χ2v) is 3.79. The molecule has 0 bridgehead atoms. The van der Waals surface area contributed by atoms with E-state index in [2.05, 4.69) is 5.32 Å². The lowest BCUT2D eigenvalue weighted by Crippen LogP contribution is -2.41. The molecule has 1 aromatic carbocycles. The Morgan fingerprint density at radius 3 is 2.81 bits per heavy atom. The van der Waals surface area contributed by atoms with Crippen LogP contribution >= 0.6 is 0 Å². The van der Waals surface area contributed by atoms with Gasteiger partial charge in [0.15, 0.2) is 0 Å². The number of amides is 1. The first-order valence-electron chi connectivity index (χ1n) is 4.89. The number of aliphatic carboxylic acids is 1. The highest BCUT2D eigenvalue weighted by Crippen LogP contribution is 2.21. The van der Waals surface area contributed by atoms with Gasteiger partial charge in [-0.3, -0.25) is 4.79 Å². The predicted molar refractivity (Wildman–Crippen MR) is 55.1 cm³/mol. The standard InChI is InChI=1S/C11H11NO4/c13-8-2-1-6-5-10(14)12-9(11(15)16)4-7(6)3-8/h1-3,9,13H,4-5H2,(H,12,14)(H,15,16). The molecule has 1 aromatic rings. The summed E-state index contributed by atoms with van der Waals surface area (Å²) in [7, 11) is 0. The van der Waals surface area contributed by atoms with E-state index in [1.165, 1.54) is 12.1 Å². The van der Waals surface area contributed by atoms with E-state index in [0.29, 0.717) is 5.56 Å².